The highest BCUT2D eigenvalue weighted by molar-refractivity contribution is 6.13. The van der Waals surface area contributed by atoms with Crippen molar-refractivity contribution in [3.05, 3.63) is 23.3 Å². The van der Waals surface area contributed by atoms with Crippen LogP contribution in [0.3, 0.4) is 0 Å². The van der Waals surface area contributed by atoms with E-state index in [9.17, 15) is 19.2 Å². The van der Waals surface area contributed by atoms with Crippen LogP contribution in [0.15, 0.2) is 23.3 Å². The molecular formula is C25H28O7. The van der Waals surface area contributed by atoms with Crippen LogP contribution >= 0.6 is 0 Å². The molecule has 3 aliphatic carbocycles. The molecule has 7 nitrogen and oxygen atoms in total. The van der Waals surface area contributed by atoms with Gasteiger partial charge >= 0.3 is 11.9 Å². The van der Waals surface area contributed by atoms with Crippen molar-refractivity contribution in [3.8, 4) is 0 Å². The molecule has 1 spiro atoms. The molecule has 7 atom stereocenters. The summed E-state index contributed by atoms with van der Waals surface area (Å²) in [4.78, 5) is 54.6. The van der Waals surface area contributed by atoms with E-state index in [1.807, 2.05) is 6.92 Å². The summed E-state index contributed by atoms with van der Waals surface area (Å²) in [6.07, 6.45) is -0.933. The number of ketones is 2. The molecule has 6 rings (SSSR count). The Morgan fingerprint density at radius 2 is 1.78 bits per heavy atom. The van der Waals surface area contributed by atoms with Crippen molar-refractivity contribution in [3.63, 3.8) is 0 Å². The van der Waals surface area contributed by atoms with Crippen molar-refractivity contribution in [1.29, 1.82) is 0 Å². The molecular weight excluding hydrogens is 412 g/mol. The van der Waals surface area contributed by atoms with Gasteiger partial charge in [0.15, 0.2) is 11.4 Å². The van der Waals surface area contributed by atoms with Crippen LogP contribution in [0.5, 0.6) is 0 Å². The van der Waals surface area contributed by atoms with E-state index in [0.29, 0.717) is 17.6 Å². The Labute approximate surface area is 186 Å². The van der Waals surface area contributed by atoms with Gasteiger partial charge in [-0.25, -0.2) is 0 Å². The minimum absolute atomic E-state index is 0.0573. The maximum atomic E-state index is 14.3. The Bertz CT molecular complexity index is 1140. The second kappa shape index (κ2) is 4.96. The number of cyclic esters (lactones) is 2. The van der Waals surface area contributed by atoms with Crippen LogP contribution in [0.1, 0.15) is 60.8 Å². The first-order chi connectivity index (χ1) is 14.7. The molecule has 3 aliphatic heterocycles. The van der Waals surface area contributed by atoms with E-state index in [0.717, 1.165) is 5.57 Å². The minimum atomic E-state index is -1.55. The number of hydrogen-bond acceptors (Lipinski definition) is 7. The van der Waals surface area contributed by atoms with E-state index in [2.05, 4.69) is 6.58 Å². The van der Waals surface area contributed by atoms with Crippen LogP contribution in [0.2, 0.25) is 0 Å². The van der Waals surface area contributed by atoms with Crippen LogP contribution in [-0.2, 0) is 33.4 Å². The zero-order valence-electron chi connectivity index (χ0n) is 19.3. The number of esters is 2. The first kappa shape index (κ1) is 20.3. The van der Waals surface area contributed by atoms with Crippen LogP contribution in [-0.4, -0.2) is 46.9 Å². The summed E-state index contributed by atoms with van der Waals surface area (Å²) in [5, 5.41) is 0. The summed E-state index contributed by atoms with van der Waals surface area (Å²) in [5.41, 5.74) is -5.48. The maximum Gasteiger partial charge on any atom is 0.320 e. The highest BCUT2D eigenvalue weighted by atomic mass is 16.6. The van der Waals surface area contributed by atoms with Gasteiger partial charge in [0.2, 0.25) is 0 Å². The standard InChI is InChI=1S/C25H28O7/c1-11-21(6)10-23(12(2)26)14-8-16(27)32-20(4,5)17(14)15-9-22(23,7)24(11)19(29)30-13(3)25(24,31-15)18(21)28/h13,15H,1,8-10H2,2-7H3. The van der Waals surface area contributed by atoms with Gasteiger partial charge in [0.05, 0.1) is 23.4 Å². The topological polar surface area (TPSA) is 96.0 Å². The molecule has 4 bridgehead atoms. The SMILES string of the molecule is C=C1C2(C)CC3(C(C)=O)C4=C(C5CC3(C)C13C(=O)OC(C)C3(O5)C2=O)C(C)(C)OC(=O)C4. The minimum Gasteiger partial charge on any atom is -0.458 e. The Morgan fingerprint density at radius 3 is 2.41 bits per heavy atom. The fourth-order valence-electron chi connectivity index (χ4n) is 9.12. The third-order valence-electron chi connectivity index (χ3n) is 10.1. The van der Waals surface area contributed by atoms with Gasteiger partial charge in [0.25, 0.3) is 0 Å². The molecule has 6 aliphatic rings. The lowest BCUT2D eigenvalue weighted by Crippen LogP contribution is -2.75. The van der Waals surface area contributed by atoms with Crippen LogP contribution in [0, 0.1) is 21.7 Å². The van der Waals surface area contributed by atoms with E-state index in [1.165, 1.54) is 6.92 Å². The van der Waals surface area contributed by atoms with Gasteiger partial charge in [-0.1, -0.05) is 13.5 Å². The number of fused-ring (bicyclic) bond motifs is 4. The fourth-order valence-corrected chi connectivity index (χ4v) is 9.12. The zero-order valence-corrected chi connectivity index (χ0v) is 19.3. The molecule has 4 fully saturated rings. The molecule has 0 amide bonds. The number of ether oxygens (including phenoxy) is 3. The predicted octanol–water partition coefficient (Wildman–Crippen LogP) is 2.61. The molecule has 2 saturated carbocycles. The normalized spacial score (nSPS) is 51.9. The summed E-state index contributed by atoms with van der Waals surface area (Å²) in [6.45, 7) is 14.8. The molecule has 7 heteroatoms. The van der Waals surface area contributed by atoms with Gasteiger partial charge in [-0.2, -0.15) is 0 Å². The summed E-state index contributed by atoms with van der Waals surface area (Å²) in [6, 6.07) is 0. The molecule has 32 heavy (non-hydrogen) atoms. The lowest BCUT2D eigenvalue weighted by atomic mass is 9.34. The lowest BCUT2D eigenvalue weighted by Gasteiger charge is -2.68. The van der Waals surface area contributed by atoms with E-state index < -0.39 is 57.0 Å². The van der Waals surface area contributed by atoms with Crippen LogP contribution in [0.4, 0.5) is 0 Å². The molecule has 0 aromatic heterocycles. The van der Waals surface area contributed by atoms with Crippen molar-refractivity contribution < 1.29 is 33.4 Å². The van der Waals surface area contributed by atoms with Crippen molar-refractivity contribution in [2.75, 3.05) is 0 Å². The van der Waals surface area contributed by atoms with E-state index in [-0.39, 0.29) is 24.4 Å². The number of rotatable bonds is 1. The zero-order chi connectivity index (χ0) is 23.4. The number of Topliss-reactive ketones (excluding diaryl/α,β-unsaturated/α-hetero) is 2. The molecule has 0 radical (unpaired) electrons. The average molecular weight is 440 g/mol. The lowest BCUT2D eigenvalue weighted by molar-refractivity contribution is -0.244. The molecule has 170 valence electrons. The van der Waals surface area contributed by atoms with Gasteiger partial charge in [-0.15, -0.1) is 0 Å². The van der Waals surface area contributed by atoms with Gasteiger partial charge in [-0.05, 0) is 58.6 Å². The van der Waals surface area contributed by atoms with Gasteiger partial charge in [0, 0.05) is 11.0 Å². The second-order valence-electron chi connectivity index (χ2n) is 11.5. The molecule has 0 aromatic rings. The van der Waals surface area contributed by atoms with Crippen molar-refractivity contribution >= 4 is 23.5 Å². The Balaban J connectivity index is 1.83. The monoisotopic (exact) mass is 440 g/mol. The molecule has 2 saturated heterocycles. The fraction of sp³-hybridized carbons (Fsp3) is 0.680. The van der Waals surface area contributed by atoms with Crippen molar-refractivity contribution in [1.82, 2.24) is 0 Å². The second-order valence-corrected chi connectivity index (χ2v) is 11.5. The van der Waals surface area contributed by atoms with E-state index in [1.54, 1.807) is 27.7 Å². The van der Waals surface area contributed by atoms with Crippen molar-refractivity contribution in [2.45, 2.75) is 84.2 Å². The van der Waals surface area contributed by atoms with Gasteiger partial charge < -0.3 is 14.2 Å². The largest absolute Gasteiger partial charge is 0.458 e. The van der Waals surface area contributed by atoms with Gasteiger partial charge in [-0.3, -0.25) is 19.2 Å². The summed E-state index contributed by atoms with van der Waals surface area (Å²) >= 11 is 0. The predicted molar refractivity (Wildman–Crippen MR) is 110 cm³/mol. The van der Waals surface area contributed by atoms with Crippen molar-refractivity contribution in [2.24, 2.45) is 21.7 Å². The average Bonchev–Trinajstić information content (AvgIpc) is 2.97. The highest BCUT2D eigenvalue weighted by Gasteiger charge is 2.94. The summed E-state index contributed by atoms with van der Waals surface area (Å²) in [5.74, 6) is -1.35. The third kappa shape index (κ3) is 1.48. The third-order valence-corrected chi connectivity index (χ3v) is 10.1. The molecule has 7 unspecified atom stereocenters. The van der Waals surface area contributed by atoms with E-state index >= 15 is 0 Å². The van der Waals surface area contributed by atoms with E-state index in [4.69, 9.17) is 14.2 Å². The Hall–Kier alpha value is -2.28. The molecule has 0 N–H and O–H groups in total. The smallest absolute Gasteiger partial charge is 0.320 e. The highest BCUT2D eigenvalue weighted by Crippen LogP contribution is 2.85. The maximum absolute atomic E-state index is 14.3. The molecule has 3 heterocycles. The quantitative estimate of drug-likeness (QED) is 0.457. The van der Waals surface area contributed by atoms with Crippen LogP contribution < -0.4 is 0 Å². The van der Waals surface area contributed by atoms with Gasteiger partial charge in [0.1, 0.15) is 22.9 Å². The first-order valence-electron chi connectivity index (χ1n) is 11.3. The Morgan fingerprint density at radius 1 is 1.12 bits per heavy atom. The number of carbonyl (C=O) groups is 4. The number of carbonyl (C=O) groups excluding carboxylic acids is 4. The first-order valence-corrected chi connectivity index (χ1v) is 11.3. The summed E-state index contributed by atoms with van der Waals surface area (Å²) < 4.78 is 18.2. The molecule has 0 aromatic carbocycles. The van der Waals surface area contributed by atoms with Crippen LogP contribution in [0.25, 0.3) is 0 Å². The summed E-state index contributed by atoms with van der Waals surface area (Å²) in [7, 11) is 0. The number of hydrogen-bond donors (Lipinski definition) is 0. The Kier molecular flexibility index (Phi) is 3.15.